The molecule has 6 heteroatoms. The number of aromatic amines is 1. The van der Waals surface area contributed by atoms with Gasteiger partial charge >= 0.3 is 0 Å². The average molecular weight is 200 g/mol. The highest BCUT2D eigenvalue weighted by Gasteiger charge is 2.08. The van der Waals surface area contributed by atoms with Gasteiger partial charge in [0.1, 0.15) is 0 Å². The predicted molar refractivity (Wildman–Crippen MR) is 55.0 cm³/mol. The number of H-pyrrole nitrogens is 1. The molecular weight excluding hydrogens is 192 g/mol. The summed E-state index contributed by atoms with van der Waals surface area (Å²) in [7, 11) is 0. The van der Waals surface area contributed by atoms with Gasteiger partial charge in [-0.1, -0.05) is 0 Å². The van der Waals surface area contributed by atoms with Crippen molar-refractivity contribution in [2.75, 3.05) is 5.73 Å². The van der Waals surface area contributed by atoms with Crippen LogP contribution in [0, 0.1) is 0 Å². The highest BCUT2D eigenvalue weighted by molar-refractivity contribution is 5.68. The minimum absolute atomic E-state index is 0.423. The van der Waals surface area contributed by atoms with Crippen molar-refractivity contribution in [3.63, 3.8) is 0 Å². The molecule has 0 aliphatic carbocycles. The molecule has 0 saturated carbocycles. The molecule has 0 aliphatic heterocycles. The first-order valence-corrected chi connectivity index (χ1v) is 4.43. The topological polar surface area (TPSA) is 84.9 Å². The van der Waals surface area contributed by atoms with Gasteiger partial charge in [-0.15, -0.1) is 0 Å². The first kappa shape index (κ1) is 7.98. The van der Waals surface area contributed by atoms with Gasteiger partial charge in [-0.25, -0.2) is 9.97 Å². The third-order valence-corrected chi connectivity index (χ3v) is 2.25. The Hall–Kier alpha value is -2.37. The Bertz CT molecular complexity index is 594. The summed E-state index contributed by atoms with van der Waals surface area (Å²) >= 11 is 0. The molecule has 0 unspecified atom stereocenters. The van der Waals surface area contributed by atoms with Crippen molar-refractivity contribution in [3.8, 4) is 11.3 Å². The van der Waals surface area contributed by atoms with Crippen LogP contribution in [0.5, 0.6) is 0 Å². The lowest BCUT2D eigenvalue weighted by molar-refractivity contribution is 1.09. The van der Waals surface area contributed by atoms with Crippen LogP contribution in [0.1, 0.15) is 0 Å². The van der Waals surface area contributed by atoms with Crippen LogP contribution in [0.4, 0.5) is 5.82 Å². The summed E-state index contributed by atoms with van der Waals surface area (Å²) in [6, 6.07) is 0. The maximum absolute atomic E-state index is 5.71. The molecule has 74 valence electrons. The molecule has 0 saturated heterocycles. The van der Waals surface area contributed by atoms with E-state index >= 15 is 0 Å². The maximum Gasteiger partial charge on any atom is 0.180 e. The lowest BCUT2D eigenvalue weighted by Crippen LogP contribution is -1.96. The van der Waals surface area contributed by atoms with Crippen LogP contribution in [0.3, 0.4) is 0 Å². The first-order chi connectivity index (χ1) is 7.36. The van der Waals surface area contributed by atoms with Crippen molar-refractivity contribution in [2.24, 2.45) is 0 Å². The lowest BCUT2D eigenvalue weighted by Gasteiger charge is -1.98. The van der Waals surface area contributed by atoms with Gasteiger partial charge in [-0.3, -0.25) is 9.50 Å². The normalized spacial score (nSPS) is 10.9. The number of imidazole rings is 1. The Balaban J connectivity index is 2.34. The van der Waals surface area contributed by atoms with E-state index in [1.165, 1.54) is 0 Å². The second kappa shape index (κ2) is 2.81. The summed E-state index contributed by atoms with van der Waals surface area (Å²) in [6.07, 6.45) is 8.76. The van der Waals surface area contributed by atoms with Crippen LogP contribution < -0.4 is 5.73 Å². The summed E-state index contributed by atoms with van der Waals surface area (Å²) in [6.45, 7) is 0. The molecule has 0 radical (unpaired) electrons. The fourth-order valence-electron chi connectivity index (χ4n) is 1.54. The Labute approximate surface area is 84.8 Å². The third-order valence-electron chi connectivity index (χ3n) is 2.25. The summed E-state index contributed by atoms with van der Waals surface area (Å²) in [5, 5.41) is 6.65. The van der Waals surface area contributed by atoms with E-state index in [9.17, 15) is 0 Å². The van der Waals surface area contributed by atoms with Gasteiger partial charge in [0.05, 0.1) is 18.1 Å². The van der Waals surface area contributed by atoms with Crippen molar-refractivity contribution in [2.45, 2.75) is 0 Å². The average Bonchev–Trinajstić information content (AvgIpc) is 2.85. The van der Waals surface area contributed by atoms with E-state index in [2.05, 4.69) is 20.2 Å². The highest BCUT2D eigenvalue weighted by Crippen LogP contribution is 2.20. The van der Waals surface area contributed by atoms with E-state index in [0.29, 0.717) is 11.5 Å². The fourth-order valence-corrected chi connectivity index (χ4v) is 1.54. The zero-order chi connectivity index (χ0) is 10.3. The predicted octanol–water partition coefficient (Wildman–Crippen LogP) is 0.702. The largest absolute Gasteiger partial charge is 0.381 e. The molecule has 0 aromatic carbocycles. The van der Waals surface area contributed by atoms with Crippen molar-refractivity contribution >= 4 is 11.5 Å². The highest BCUT2D eigenvalue weighted by atomic mass is 15.1. The van der Waals surface area contributed by atoms with Gasteiger partial charge in [0.15, 0.2) is 11.5 Å². The minimum atomic E-state index is 0.423. The number of anilines is 1. The molecule has 0 amide bonds. The molecule has 3 aromatic heterocycles. The Kier molecular flexibility index (Phi) is 1.49. The molecule has 0 spiro atoms. The second-order valence-electron chi connectivity index (χ2n) is 3.14. The number of nitrogen functional groups attached to an aromatic ring is 1. The van der Waals surface area contributed by atoms with Crippen LogP contribution in [-0.2, 0) is 0 Å². The summed E-state index contributed by atoms with van der Waals surface area (Å²) in [5.41, 5.74) is 8.27. The number of rotatable bonds is 1. The molecule has 0 bridgehead atoms. The number of hydrogen-bond donors (Lipinski definition) is 2. The van der Waals surface area contributed by atoms with Crippen LogP contribution in [-0.4, -0.2) is 24.6 Å². The number of nitrogens with two attached hydrogens (primary N) is 1. The first-order valence-electron chi connectivity index (χ1n) is 4.43. The standard InChI is InChI=1S/C9H8N6/c10-8-9-12-5-7(6-3-13-14-4-6)15(9)2-1-11-8/h1-5H,(H2,10,11)(H,13,14). The van der Waals surface area contributed by atoms with Crippen LogP contribution in [0.15, 0.2) is 31.0 Å². The molecule has 3 rings (SSSR count). The monoisotopic (exact) mass is 200 g/mol. The number of fused-ring (bicyclic) bond motifs is 1. The molecule has 6 nitrogen and oxygen atoms in total. The van der Waals surface area contributed by atoms with E-state index in [1.54, 1.807) is 24.8 Å². The third kappa shape index (κ3) is 1.08. The van der Waals surface area contributed by atoms with Gasteiger partial charge in [-0.05, 0) is 0 Å². The van der Waals surface area contributed by atoms with Crippen molar-refractivity contribution < 1.29 is 0 Å². The number of nitrogens with one attached hydrogen (secondary N) is 1. The molecule has 3 N–H and O–H groups in total. The summed E-state index contributed by atoms with van der Waals surface area (Å²) < 4.78 is 1.88. The number of nitrogens with zero attached hydrogens (tertiary/aromatic N) is 4. The Morgan fingerprint density at radius 3 is 3.00 bits per heavy atom. The molecule has 0 fully saturated rings. The Morgan fingerprint density at radius 1 is 1.27 bits per heavy atom. The Morgan fingerprint density at radius 2 is 2.20 bits per heavy atom. The van der Waals surface area contributed by atoms with Crippen molar-refractivity contribution in [1.29, 1.82) is 0 Å². The smallest absolute Gasteiger partial charge is 0.180 e. The summed E-state index contributed by atoms with van der Waals surface area (Å²) in [5.74, 6) is 0.423. The van der Waals surface area contributed by atoms with Crippen molar-refractivity contribution in [3.05, 3.63) is 31.0 Å². The zero-order valence-corrected chi connectivity index (χ0v) is 7.75. The zero-order valence-electron chi connectivity index (χ0n) is 7.75. The van der Waals surface area contributed by atoms with E-state index in [0.717, 1.165) is 11.3 Å². The van der Waals surface area contributed by atoms with Gasteiger partial charge in [0.2, 0.25) is 0 Å². The molecule has 3 aromatic rings. The van der Waals surface area contributed by atoms with E-state index in [-0.39, 0.29) is 0 Å². The van der Waals surface area contributed by atoms with E-state index < -0.39 is 0 Å². The van der Waals surface area contributed by atoms with Gasteiger partial charge < -0.3 is 5.73 Å². The van der Waals surface area contributed by atoms with Crippen LogP contribution >= 0.6 is 0 Å². The lowest BCUT2D eigenvalue weighted by atomic mass is 10.3. The molecular formula is C9H8N6. The number of hydrogen-bond acceptors (Lipinski definition) is 4. The maximum atomic E-state index is 5.71. The molecule has 15 heavy (non-hydrogen) atoms. The van der Waals surface area contributed by atoms with Gasteiger partial charge in [-0.2, -0.15) is 5.10 Å². The molecule has 0 aliphatic rings. The molecule has 0 atom stereocenters. The van der Waals surface area contributed by atoms with Gasteiger partial charge in [0.25, 0.3) is 0 Å². The van der Waals surface area contributed by atoms with E-state index in [4.69, 9.17) is 5.73 Å². The van der Waals surface area contributed by atoms with Crippen LogP contribution in [0.2, 0.25) is 0 Å². The quantitative estimate of drug-likeness (QED) is 0.605. The van der Waals surface area contributed by atoms with Crippen LogP contribution in [0.25, 0.3) is 16.9 Å². The summed E-state index contributed by atoms with van der Waals surface area (Å²) in [4.78, 5) is 8.18. The van der Waals surface area contributed by atoms with Gasteiger partial charge in [0, 0.05) is 24.2 Å². The molecule has 3 heterocycles. The minimum Gasteiger partial charge on any atom is -0.381 e. The number of aromatic nitrogens is 5. The fraction of sp³-hybridized carbons (Fsp3) is 0. The SMILES string of the molecule is Nc1nccn2c(-c3cn[nH]c3)cnc12. The van der Waals surface area contributed by atoms with E-state index in [1.807, 2.05) is 10.6 Å². The second-order valence-corrected chi connectivity index (χ2v) is 3.14. The van der Waals surface area contributed by atoms with Crippen molar-refractivity contribution in [1.82, 2.24) is 24.6 Å².